The van der Waals surface area contributed by atoms with E-state index in [1.807, 2.05) is 30.0 Å². The minimum atomic E-state index is -0.346. The molecule has 1 aromatic carbocycles. The summed E-state index contributed by atoms with van der Waals surface area (Å²) >= 11 is 3.02. The summed E-state index contributed by atoms with van der Waals surface area (Å²) in [7, 11) is 3.92. The van der Waals surface area contributed by atoms with Gasteiger partial charge in [0.05, 0.1) is 15.5 Å². The molecule has 1 aliphatic rings. The normalized spacial score (nSPS) is 16.7. The fraction of sp³-hybridized carbons (Fsp3) is 0.333. The van der Waals surface area contributed by atoms with Crippen LogP contribution in [0.2, 0.25) is 0 Å². The highest BCUT2D eigenvalue weighted by Crippen LogP contribution is 2.35. The van der Waals surface area contributed by atoms with E-state index in [9.17, 15) is 9.18 Å². The van der Waals surface area contributed by atoms with E-state index in [4.69, 9.17) is 4.52 Å². The lowest BCUT2D eigenvalue weighted by Crippen LogP contribution is -2.38. The van der Waals surface area contributed by atoms with E-state index in [2.05, 4.69) is 15.1 Å². The summed E-state index contributed by atoms with van der Waals surface area (Å²) < 4.78 is 20.0. The first-order valence-electron chi connectivity index (χ1n) is 9.94. The summed E-state index contributed by atoms with van der Waals surface area (Å²) in [6.07, 6.45) is 1.72. The highest BCUT2D eigenvalue weighted by atomic mass is 32.1. The molecule has 0 spiro atoms. The molecule has 3 aromatic heterocycles. The third-order valence-electron chi connectivity index (χ3n) is 5.25. The van der Waals surface area contributed by atoms with Gasteiger partial charge in [-0.05, 0) is 31.0 Å². The highest BCUT2D eigenvalue weighted by molar-refractivity contribution is 7.29. The number of rotatable bonds is 4. The number of anilines is 1. The van der Waals surface area contributed by atoms with Crippen molar-refractivity contribution in [2.75, 3.05) is 32.1 Å². The quantitative estimate of drug-likeness (QED) is 0.445. The molecule has 160 valence electrons. The smallest absolute Gasteiger partial charge is 0.264 e. The maximum Gasteiger partial charge on any atom is 0.264 e. The van der Waals surface area contributed by atoms with Crippen molar-refractivity contribution < 1.29 is 13.7 Å². The molecule has 0 N–H and O–H groups in total. The molecule has 0 radical (unpaired) electrons. The van der Waals surface area contributed by atoms with Crippen LogP contribution in [0, 0.1) is 5.82 Å². The molecule has 1 unspecified atom stereocenters. The van der Waals surface area contributed by atoms with Crippen LogP contribution in [0.15, 0.2) is 34.9 Å². The Morgan fingerprint density at radius 3 is 2.90 bits per heavy atom. The average Bonchev–Trinajstić information content (AvgIpc) is 3.48. The van der Waals surface area contributed by atoms with E-state index in [0.717, 1.165) is 27.5 Å². The van der Waals surface area contributed by atoms with Gasteiger partial charge in [0.2, 0.25) is 11.7 Å². The molecule has 10 heteroatoms. The van der Waals surface area contributed by atoms with Crippen LogP contribution in [-0.2, 0) is 0 Å². The summed E-state index contributed by atoms with van der Waals surface area (Å²) in [6.45, 7) is 1.22. The summed E-state index contributed by atoms with van der Waals surface area (Å²) in [5.41, 5.74) is 0.571. The molecule has 0 aliphatic carbocycles. The molecule has 1 atom stereocenters. The number of fused-ring (bicyclic) bond motifs is 1. The Bertz CT molecular complexity index is 1220. The molecule has 31 heavy (non-hydrogen) atoms. The highest BCUT2D eigenvalue weighted by Gasteiger charge is 2.30. The van der Waals surface area contributed by atoms with Gasteiger partial charge < -0.3 is 14.3 Å². The number of carbonyl (C=O) groups excluding carboxylic acids is 1. The fourth-order valence-electron chi connectivity index (χ4n) is 3.69. The Hall–Kier alpha value is -2.85. The second-order valence-corrected chi connectivity index (χ2v) is 9.77. The third kappa shape index (κ3) is 3.92. The maximum atomic E-state index is 13.5. The second kappa shape index (κ2) is 8.01. The average molecular weight is 458 g/mol. The number of halogens is 1. The third-order valence-corrected chi connectivity index (χ3v) is 7.57. The van der Waals surface area contributed by atoms with Crippen LogP contribution < -0.4 is 4.90 Å². The van der Waals surface area contributed by atoms with Crippen molar-refractivity contribution in [3.63, 3.8) is 0 Å². The molecular formula is C21H20FN5O2S2. The Labute approximate surface area is 186 Å². The lowest BCUT2D eigenvalue weighted by molar-refractivity contribution is 0.0700. The summed E-state index contributed by atoms with van der Waals surface area (Å²) in [6, 6.07) is 8.05. The van der Waals surface area contributed by atoms with Gasteiger partial charge >= 0.3 is 0 Å². The van der Waals surface area contributed by atoms with Crippen LogP contribution in [0.3, 0.4) is 0 Å². The fourth-order valence-corrected chi connectivity index (χ4v) is 5.79. The molecule has 7 nitrogen and oxygen atoms in total. The molecule has 4 aromatic rings. The number of benzene rings is 1. The van der Waals surface area contributed by atoms with Gasteiger partial charge in [0.1, 0.15) is 10.6 Å². The minimum Gasteiger partial charge on any atom is -0.354 e. The molecule has 4 heterocycles. The van der Waals surface area contributed by atoms with Crippen LogP contribution in [0.4, 0.5) is 9.52 Å². The Balaban J connectivity index is 1.32. The number of hydrogen-bond donors (Lipinski definition) is 0. The van der Waals surface area contributed by atoms with Gasteiger partial charge in [-0.1, -0.05) is 28.6 Å². The minimum absolute atomic E-state index is 0.0103. The van der Waals surface area contributed by atoms with Crippen molar-refractivity contribution in [2.45, 2.75) is 18.8 Å². The molecule has 1 saturated heterocycles. The molecular weight excluding hydrogens is 437 g/mol. The molecule has 1 aliphatic heterocycles. The van der Waals surface area contributed by atoms with Gasteiger partial charge in [0.15, 0.2) is 5.13 Å². The van der Waals surface area contributed by atoms with Crippen LogP contribution >= 0.6 is 22.7 Å². The number of thiophene rings is 1. The van der Waals surface area contributed by atoms with E-state index in [-0.39, 0.29) is 17.6 Å². The van der Waals surface area contributed by atoms with Crippen LogP contribution in [0.25, 0.3) is 20.9 Å². The summed E-state index contributed by atoms with van der Waals surface area (Å²) in [4.78, 5) is 27.6. The molecule has 5 rings (SSSR count). The van der Waals surface area contributed by atoms with Crippen LogP contribution in [0.1, 0.15) is 34.3 Å². The van der Waals surface area contributed by atoms with E-state index in [1.165, 1.54) is 23.5 Å². The maximum absolute atomic E-state index is 13.5. The molecule has 1 fully saturated rings. The van der Waals surface area contributed by atoms with Crippen molar-refractivity contribution in [1.29, 1.82) is 0 Å². The van der Waals surface area contributed by atoms with Crippen molar-refractivity contribution in [3.05, 3.63) is 46.9 Å². The van der Waals surface area contributed by atoms with Crippen molar-refractivity contribution in [3.8, 4) is 11.4 Å². The number of likely N-dealkylation sites (tertiary alicyclic amines) is 1. The van der Waals surface area contributed by atoms with Gasteiger partial charge in [-0.15, -0.1) is 11.3 Å². The zero-order valence-corrected chi connectivity index (χ0v) is 18.7. The lowest BCUT2D eigenvalue weighted by atomic mass is 9.98. The van der Waals surface area contributed by atoms with Crippen LogP contribution in [-0.4, -0.2) is 53.1 Å². The molecule has 1 amide bonds. The standard InChI is InChI=1S/C21H20FN5O2S2/c1-26(2)21-24-19-15(31-21)10-16(30-19)20(28)27-8-4-6-13(11-27)18-23-17(25-29-18)12-5-3-7-14(22)9-12/h3,5,7,9-10,13H,4,6,8,11H2,1-2H3. The lowest BCUT2D eigenvalue weighted by Gasteiger charge is -2.30. The molecule has 0 saturated carbocycles. The van der Waals surface area contributed by atoms with Crippen LogP contribution in [0.5, 0.6) is 0 Å². The Kier molecular flexibility index (Phi) is 5.19. The van der Waals surface area contributed by atoms with Gasteiger partial charge in [-0.25, -0.2) is 9.37 Å². The first-order valence-corrected chi connectivity index (χ1v) is 11.6. The number of carbonyl (C=O) groups is 1. The zero-order valence-electron chi connectivity index (χ0n) is 17.0. The van der Waals surface area contributed by atoms with E-state index < -0.39 is 0 Å². The van der Waals surface area contributed by atoms with E-state index >= 15 is 0 Å². The summed E-state index contributed by atoms with van der Waals surface area (Å²) in [5, 5.41) is 4.94. The van der Waals surface area contributed by atoms with Gasteiger partial charge in [0, 0.05) is 32.7 Å². The number of thiazole rings is 1. The van der Waals surface area contributed by atoms with E-state index in [1.54, 1.807) is 23.5 Å². The largest absolute Gasteiger partial charge is 0.354 e. The number of hydrogen-bond acceptors (Lipinski definition) is 8. The predicted molar refractivity (Wildman–Crippen MR) is 119 cm³/mol. The predicted octanol–water partition coefficient (Wildman–Crippen LogP) is 4.63. The Morgan fingerprint density at radius 1 is 1.26 bits per heavy atom. The van der Waals surface area contributed by atoms with Gasteiger partial charge in [-0.3, -0.25) is 4.79 Å². The van der Waals surface area contributed by atoms with Gasteiger partial charge in [0.25, 0.3) is 5.91 Å². The topological polar surface area (TPSA) is 75.4 Å². The zero-order chi connectivity index (χ0) is 21.5. The number of amides is 1. The molecule has 0 bridgehead atoms. The number of aromatic nitrogens is 3. The first kappa shape index (κ1) is 20.1. The van der Waals surface area contributed by atoms with E-state index in [0.29, 0.717) is 35.2 Å². The summed E-state index contributed by atoms with van der Waals surface area (Å²) in [5.74, 6) is 0.477. The Morgan fingerprint density at radius 2 is 2.13 bits per heavy atom. The van der Waals surface area contributed by atoms with Gasteiger partial charge in [-0.2, -0.15) is 4.98 Å². The second-order valence-electron chi connectivity index (χ2n) is 7.73. The van der Waals surface area contributed by atoms with Crippen molar-refractivity contribution in [2.24, 2.45) is 0 Å². The number of piperidine rings is 1. The first-order chi connectivity index (χ1) is 15.0. The number of nitrogens with zero attached hydrogens (tertiary/aromatic N) is 5. The van der Waals surface area contributed by atoms with Crippen molar-refractivity contribution in [1.82, 2.24) is 20.0 Å². The monoisotopic (exact) mass is 457 g/mol. The van der Waals surface area contributed by atoms with Crippen molar-refractivity contribution >= 4 is 43.2 Å². The SMILES string of the molecule is CN(C)c1nc2sc(C(=O)N3CCCC(c4nc(-c5cccc(F)c5)no4)C3)cc2s1.